The fourth-order valence-corrected chi connectivity index (χ4v) is 4.49. The van der Waals surface area contributed by atoms with Crippen molar-refractivity contribution in [2.75, 3.05) is 26.2 Å². The number of aliphatic hydroxyl groups excluding tert-OH is 1. The molecule has 34 heavy (non-hydrogen) atoms. The van der Waals surface area contributed by atoms with E-state index in [0.717, 1.165) is 37.2 Å². The molecular formula is C29H38N2O3. The minimum Gasteiger partial charge on any atom is -0.507 e. The summed E-state index contributed by atoms with van der Waals surface area (Å²) >= 11 is 0. The minimum atomic E-state index is -0.620. The molecule has 1 N–H and O–H groups in total. The number of nitrogens with zero attached hydrogens (tertiary/aromatic N) is 2. The Labute approximate surface area is 204 Å². The number of likely N-dealkylation sites (tertiary alicyclic amines) is 1. The molecule has 0 bridgehead atoms. The Morgan fingerprint density at radius 2 is 1.56 bits per heavy atom. The molecule has 1 unspecified atom stereocenters. The molecule has 182 valence electrons. The van der Waals surface area contributed by atoms with E-state index in [4.69, 9.17) is 0 Å². The van der Waals surface area contributed by atoms with Crippen LogP contribution in [0, 0.1) is 6.92 Å². The van der Waals surface area contributed by atoms with Gasteiger partial charge in [-0.2, -0.15) is 0 Å². The Balaban J connectivity index is 2.04. The van der Waals surface area contributed by atoms with Gasteiger partial charge in [0, 0.05) is 12.1 Å². The molecule has 5 nitrogen and oxygen atoms in total. The zero-order valence-corrected chi connectivity index (χ0v) is 21.4. The van der Waals surface area contributed by atoms with E-state index < -0.39 is 17.7 Å². The molecule has 2 aromatic rings. The Morgan fingerprint density at radius 1 is 0.971 bits per heavy atom. The van der Waals surface area contributed by atoms with Crippen LogP contribution in [0.2, 0.25) is 0 Å². The van der Waals surface area contributed by atoms with E-state index in [2.05, 4.69) is 51.7 Å². The molecule has 1 aliphatic heterocycles. The molecule has 0 saturated carbocycles. The largest absolute Gasteiger partial charge is 0.507 e. The number of benzene rings is 2. The van der Waals surface area contributed by atoms with Crippen molar-refractivity contribution in [3.05, 3.63) is 76.4 Å². The first-order valence-corrected chi connectivity index (χ1v) is 12.3. The summed E-state index contributed by atoms with van der Waals surface area (Å²) in [6.45, 7) is 15.9. The number of carbonyl (C=O) groups is 2. The van der Waals surface area contributed by atoms with E-state index >= 15 is 0 Å². The van der Waals surface area contributed by atoms with Gasteiger partial charge in [-0.05, 0) is 49.5 Å². The lowest BCUT2D eigenvalue weighted by Gasteiger charge is -2.27. The molecule has 0 spiro atoms. The molecule has 1 heterocycles. The topological polar surface area (TPSA) is 60.9 Å². The van der Waals surface area contributed by atoms with Gasteiger partial charge in [0.05, 0.1) is 11.6 Å². The molecule has 2 aromatic carbocycles. The first-order valence-electron chi connectivity index (χ1n) is 12.3. The summed E-state index contributed by atoms with van der Waals surface area (Å²) in [6.07, 6.45) is 0.760. The maximum atomic E-state index is 13.2. The highest BCUT2D eigenvalue weighted by molar-refractivity contribution is 6.46. The first kappa shape index (κ1) is 25.7. The van der Waals surface area contributed by atoms with Crippen LogP contribution in [0.5, 0.6) is 0 Å². The van der Waals surface area contributed by atoms with E-state index in [9.17, 15) is 14.7 Å². The molecule has 3 rings (SSSR count). The summed E-state index contributed by atoms with van der Waals surface area (Å²) in [7, 11) is 0. The summed E-state index contributed by atoms with van der Waals surface area (Å²) in [6, 6.07) is 14.8. The van der Waals surface area contributed by atoms with Gasteiger partial charge < -0.3 is 14.9 Å². The molecule has 1 amide bonds. The van der Waals surface area contributed by atoms with Crippen LogP contribution in [0.1, 0.15) is 69.3 Å². The second kappa shape index (κ2) is 10.6. The highest BCUT2D eigenvalue weighted by atomic mass is 16.3. The SMILES string of the molecule is CCN(CC)CCCN1C(=O)C(=O)C(=C(O)c2ccc(C)cc2)C1c1ccc(C(C)(C)C)cc1. The summed E-state index contributed by atoms with van der Waals surface area (Å²) < 4.78 is 0. The smallest absolute Gasteiger partial charge is 0.295 e. The van der Waals surface area contributed by atoms with Gasteiger partial charge in [0.25, 0.3) is 11.7 Å². The summed E-state index contributed by atoms with van der Waals surface area (Å²) in [4.78, 5) is 30.3. The lowest BCUT2D eigenvalue weighted by atomic mass is 9.85. The average Bonchev–Trinajstić information content (AvgIpc) is 3.06. The number of carbonyl (C=O) groups excluding carboxylic acids is 2. The van der Waals surface area contributed by atoms with E-state index in [0.29, 0.717) is 12.1 Å². The number of Topliss-reactive ketones (excluding diaryl/α,β-unsaturated/α-hetero) is 1. The predicted molar refractivity (Wildman–Crippen MR) is 138 cm³/mol. The summed E-state index contributed by atoms with van der Waals surface area (Å²) in [5.41, 5.74) is 3.77. The van der Waals surface area contributed by atoms with Crippen LogP contribution >= 0.6 is 0 Å². The third-order valence-electron chi connectivity index (χ3n) is 6.73. The second-order valence-electron chi connectivity index (χ2n) is 10.1. The first-order chi connectivity index (χ1) is 16.1. The van der Waals surface area contributed by atoms with Crippen LogP contribution in [0.25, 0.3) is 5.76 Å². The van der Waals surface area contributed by atoms with Crippen LogP contribution in [0.4, 0.5) is 0 Å². The van der Waals surface area contributed by atoms with Gasteiger partial charge in [-0.1, -0.05) is 88.7 Å². The van der Waals surface area contributed by atoms with Crippen molar-refractivity contribution in [1.82, 2.24) is 9.80 Å². The van der Waals surface area contributed by atoms with Crippen LogP contribution in [-0.2, 0) is 15.0 Å². The Hall–Kier alpha value is -2.92. The standard InChI is InChI=1S/C29H38N2O3/c1-7-30(8-2)18-9-19-31-25(21-14-16-23(17-15-21)29(4,5)6)24(27(33)28(31)34)26(32)22-12-10-20(3)11-13-22/h10-17,25,32H,7-9,18-19H2,1-6H3. The van der Waals surface area contributed by atoms with E-state index in [1.807, 2.05) is 31.2 Å². The monoisotopic (exact) mass is 462 g/mol. The van der Waals surface area contributed by atoms with Crippen molar-refractivity contribution in [3.8, 4) is 0 Å². The molecule has 0 radical (unpaired) electrons. The lowest BCUT2D eigenvalue weighted by molar-refractivity contribution is -0.140. The number of rotatable bonds is 8. The zero-order valence-electron chi connectivity index (χ0n) is 21.4. The van der Waals surface area contributed by atoms with Gasteiger partial charge in [-0.3, -0.25) is 9.59 Å². The van der Waals surface area contributed by atoms with Crippen molar-refractivity contribution < 1.29 is 14.7 Å². The Bertz CT molecular complexity index is 1040. The summed E-state index contributed by atoms with van der Waals surface area (Å²) in [5, 5.41) is 11.2. The number of hydrogen-bond donors (Lipinski definition) is 1. The Kier molecular flexibility index (Phi) is 7.98. The highest BCUT2D eigenvalue weighted by Gasteiger charge is 2.45. The van der Waals surface area contributed by atoms with Crippen LogP contribution in [-0.4, -0.2) is 52.8 Å². The molecule has 5 heteroatoms. The second-order valence-corrected chi connectivity index (χ2v) is 10.1. The number of aliphatic hydroxyl groups is 1. The van der Waals surface area contributed by atoms with E-state index in [-0.39, 0.29) is 16.7 Å². The highest BCUT2D eigenvalue weighted by Crippen LogP contribution is 2.40. The van der Waals surface area contributed by atoms with E-state index in [1.165, 1.54) is 5.56 Å². The van der Waals surface area contributed by atoms with Gasteiger partial charge in [0.1, 0.15) is 5.76 Å². The predicted octanol–water partition coefficient (Wildman–Crippen LogP) is 5.45. The maximum Gasteiger partial charge on any atom is 0.295 e. The maximum absolute atomic E-state index is 13.2. The molecule has 0 aromatic heterocycles. The minimum absolute atomic E-state index is 0.00793. The van der Waals surface area contributed by atoms with Crippen molar-refractivity contribution in [3.63, 3.8) is 0 Å². The third kappa shape index (κ3) is 5.41. The molecule has 0 aliphatic carbocycles. The van der Waals surface area contributed by atoms with Crippen LogP contribution in [0.3, 0.4) is 0 Å². The molecule has 1 fully saturated rings. The average molecular weight is 463 g/mol. The third-order valence-corrected chi connectivity index (χ3v) is 6.73. The van der Waals surface area contributed by atoms with Crippen LogP contribution < -0.4 is 0 Å². The number of hydrogen-bond acceptors (Lipinski definition) is 4. The van der Waals surface area contributed by atoms with Gasteiger partial charge in [-0.15, -0.1) is 0 Å². The molecular weight excluding hydrogens is 424 g/mol. The quantitative estimate of drug-likeness (QED) is 0.322. The van der Waals surface area contributed by atoms with Gasteiger partial charge in [-0.25, -0.2) is 0 Å². The van der Waals surface area contributed by atoms with Gasteiger partial charge >= 0.3 is 0 Å². The van der Waals surface area contributed by atoms with Gasteiger partial charge in [0.15, 0.2) is 0 Å². The Morgan fingerprint density at radius 3 is 2.09 bits per heavy atom. The fraction of sp³-hybridized carbons (Fsp3) is 0.448. The summed E-state index contributed by atoms with van der Waals surface area (Å²) in [5.74, 6) is -1.28. The lowest BCUT2D eigenvalue weighted by Crippen LogP contribution is -2.33. The zero-order chi connectivity index (χ0) is 25.0. The van der Waals surface area contributed by atoms with Crippen molar-refractivity contribution in [2.24, 2.45) is 0 Å². The number of amides is 1. The van der Waals surface area contributed by atoms with E-state index in [1.54, 1.807) is 17.0 Å². The van der Waals surface area contributed by atoms with Crippen molar-refractivity contribution in [2.45, 2.75) is 59.4 Å². The fourth-order valence-electron chi connectivity index (χ4n) is 4.49. The number of ketones is 1. The van der Waals surface area contributed by atoms with Gasteiger partial charge in [0.2, 0.25) is 0 Å². The molecule has 1 aliphatic rings. The molecule has 1 saturated heterocycles. The van der Waals surface area contributed by atoms with Crippen molar-refractivity contribution in [1.29, 1.82) is 0 Å². The van der Waals surface area contributed by atoms with Crippen molar-refractivity contribution >= 4 is 17.4 Å². The van der Waals surface area contributed by atoms with Crippen LogP contribution in [0.15, 0.2) is 54.1 Å². The number of aryl methyl sites for hydroxylation is 1. The molecule has 1 atom stereocenters. The normalized spacial score (nSPS) is 18.2.